The molecule has 0 aromatic heterocycles. The second-order valence-corrected chi connectivity index (χ2v) is 11.1. The lowest BCUT2D eigenvalue weighted by atomic mass is 9.76. The predicted octanol–water partition coefficient (Wildman–Crippen LogP) is 2.28. The summed E-state index contributed by atoms with van der Waals surface area (Å²) in [4.78, 5) is 40.0. The molecule has 4 amide bonds. The van der Waals surface area contributed by atoms with Gasteiger partial charge in [0, 0.05) is 19.8 Å². The van der Waals surface area contributed by atoms with E-state index in [2.05, 4.69) is 10.6 Å². The number of aryl methyl sites for hydroxylation is 2. The molecule has 4 rings (SSSR count). The van der Waals surface area contributed by atoms with Crippen LogP contribution in [-0.4, -0.2) is 56.1 Å². The Morgan fingerprint density at radius 3 is 2.59 bits per heavy atom. The average molecular weight is 485 g/mol. The number of hydrogen-bond acceptors (Lipinski definition) is 5. The van der Waals surface area contributed by atoms with E-state index in [4.69, 9.17) is 0 Å². The molecule has 1 unspecified atom stereocenters. The van der Waals surface area contributed by atoms with Crippen LogP contribution in [0.4, 0.5) is 10.5 Å². The van der Waals surface area contributed by atoms with Gasteiger partial charge in [-0.1, -0.05) is 24.3 Å². The lowest BCUT2D eigenvalue weighted by Crippen LogP contribution is -2.47. The van der Waals surface area contributed by atoms with Gasteiger partial charge in [-0.15, -0.1) is 0 Å². The first-order valence-electron chi connectivity index (χ1n) is 11.0. The van der Waals surface area contributed by atoms with E-state index < -0.39 is 40.0 Å². The standard InChI is InChI=1S/C24H28N4O5S/c1-15-12-18(34(32,33)27(3)4)13-20(16(15)2)25-21(29)14-28-22(30)24(26-23(28)31)11-7-9-17-8-5-6-10-19(17)24/h5-6,8,10,12-13H,7,9,11,14H2,1-4H3,(H,25,29)(H,26,31). The molecule has 10 heteroatoms. The van der Waals surface area contributed by atoms with Crippen LogP contribution in [0.15, 0.2) is 41.3 Å². The number of nitrogens with one attached hydrogen (secondary N) is 2. The number of rotatable bonds is 5. The number of sulfonamides is 1. The smallest absolute Gasteiger partial charge is 0.324 e. The van der Waals surface area contributed by atoms with Crippen LogP contribution in [0.2, 0.25) is 0 Å². The molecule has 1 atom stereocenters. The van der Waals surface area contributed by atoms with Crippen molar-refractivity contribution in [3.8, 4) is 0 Å². The number of benzene rings is 2. The van der Waals surface area contributed by atoms with Crippen LogP contribution in [0, 0.1) is 13.8 Å². The Bertz CT molecular complexity index is 1300. The summed E-state index contributed by atoms with van der Waals surface area (Å²) in [5.41, 5.74) is 2.33. The number of amides is 4. The molecule has 2 aliphatic rings. The van der Waals surface area contributed by atoms with E-state index in [-0.39, 0.29) is 4.90 Å². The Kier molecular flexibility index (Phi) is 5.99. The van der Waals surface area contributed by atoms with E-state index in [0.717, 1.165) is 33.2 Å². The highest BCUT2D eigenvalue weighted by atomic mass is 32.2. The first-order chi connectivity index (χ1) is 16.0. The highest BCUT2D eigenvalue weighted by Crippen LogP contribution is 2.39. The summed E-state index contributed by atoms with van der Waals surface area (Å²) < 4.78 is 26.3. The van der Waals surface area contributed by atoms with Crippen molar-refractivity contribution in [1.29, 1.82) is 0 Å². The van der Waals surface area contributed by atoms with Gasteiger partial charge in [-0.05, 0) is 67.5 Å². The van der Waals surface area contributed by atoms with Crippen molar-refractivity contribution in [2.24, 2.45) is 0 Å². The fraction of sp³-hybridized carbons (Fsp3) is 0.375. The van der Waals surface area contributed by atoms with Gasteiger partial charge in [-0.25, -0.2) is 17.5 Å². The molecule has 2 N–H and O–H groups in total. The number of carbonyl (C=O) groups excluding carboxylic acids is 3. The third-order valence-corrected chi connectivity index (χ3v) is 8.44. The van der Waals surface area contributed by atoms with Crippen LogP contribution in [0.3, 0.4) is 0 Å². The van der Waals surface area contributed by atoms with Crippen molar-refractivity contribution >= 4 is 33.6 Å². The van der Waals surface area contributed by atoms with E-state index in [1.807, 2.05) is 24.3 Å². The summed E-state index contributed by atoms with van der Waals surface area (Å²) in [6.45, 7) is 3.04. The molecule has 0 bridgehead atoms. The van der Waals surface area contributed by atoms with Gasteiger partial charge in [0.2, 0.25) is 15.9 Å². The summed E-state index contributed by atoms with van der Waals surface area (Å²) in [7, 11) is -0.848. The molecule has 1 heterocycles. The predicted molar refractivity (Wildman–Crippen MR) is 127 cm³/mol. The van der Waals surface area contributed by atoms with Crippen molar-refractivity contribution in [3.63, 3.8) is 0 Å². The van der Waals surface area contributed by atoms with Crippen molar-refractivity contribution in [2.75, 3.05) is 26.0 Å². The Morgan fingerprint density at radius 1 is 1.18 bits per heavy atom. The molecule has 0 saturated carbocycles. The van der Waals surface area contributed by atoms with Gasteiger partial charge in [-0.3, -0.25) is 14.5 Å². The van der Waals surface area contributed by atoms with Gasteiger partial charge in [0.15, 0.2) is 0 Å². The number of nitrogens with zero attached hydrogens (tertiary/aromatic N) is 2. The lowest BCUT2D eigenvalue weighted by molar-refractivity contribution is -0.134. The fourth-order valence-electron chi connectivity index (χ4n) is 4.60. The zero-order valence-electron chi connectivity index (χ0n) is 19.6. The SMILES string of the molecule is Cc1cc(S(=O)(=O)N(C)C)cc(NC(=O)CN2C(=O)NC3(CCCc4ccccc43)C2=O)c1C. The topological polar surface area (TPSA) is 116 Å². The molecular weight excluding hydrogens is 456 g/mol. The number of fused-ring (bicyclic) bond motifs is 2. The molecule has 0 radical (unpaired) electrons. The van der Waals surface area contributed by atoms with Crippen LogP contribution >= 0.6 is 0 Å². The van der Waals surface area contributed by atoms with Crippen molar-refractivity contribution in [1.82, 2.24) is 14.5 Å². The van der Waals surface area contributed by atoms with Gasteiger partial charge < -0.3 is 10.6 Å². The molecule has 1 spiro atoms. The van der Waals surface area contributed by atoms with E-state index >= 15 is 0 Å². The van der Waals surface area contributed by atoms with Crippen molar-refractivity contribution in [2.45, 2.75) is 43.5 Å². The normalized spacial score (nSPS) is 20.0. The highest BCUT2D eigenvalue weighted by Gasteiger charge is 2.54. The molecule has 2 aromatic rings. The Balaban J connectivity index is 1.58. The van der Waals surface area contributed by atoms with Crippen LogP contribution in [0.5, 0.6) is 0 Å². The molecule has 1 aliphatic heterocycles. The minimum atomic E-state index is -3.71. The van der Waals surface area contributed by atoms with E-state index in [0.29, 0.717) is 23.2 Å². The van der Waals surface area contributed by atoms with E-state index in [1.165, 1.54) is 20.2 Å². The van der Waals surface area contributed by atoms with Crippen LogP contribution in [-0.2, 0) is 31.6 Å². The fourth-order valence-corrected chi connectivity index (χ4v) is 5.62. The number of imide groups is 1. The second-order valence-electron chi connectivity index (χ2n) is 8.99. The van der Waals surface area contributed by atoms with Crippen molar-refractivity contribution in [3.05, 3.63) is 58.7 Å². The largest absolute Gasteiger partial charge is 0.325 e. The summed E-state index contributed by atoms with van der Waals surface area (Å²) >= 11 is 0. The molecular formula is C24H28N4O5S. The lowest BCUT2D eigenvalue weighted by Gasteiger charge is -2.33. The summed E-state index contributed by atoms with van der Waals surface area (Å²) in [5, 5.41) is 5.51. The Hall–Kier alpha value is -3.24. The maximum absolute atomic E-state index is 13.4. The zero-order valence-corrected chi connectivity index (χ0v) is 20.5. The minimum Gasteiger partial charge on any atom is -0.324 e. The maximum Gasteiger partial charge on any atom is 0.325 e. The number of anilines is 1. The van der Waals surface area contributed by atoms with Gasteiger partial charge in [0.1, 0.15) is 12.1 Å². The molecule has 180 valence electrons. The van der Waals surface area contributed by atoms with Crippen LogP contribution < -0.4 is 10.6 Å². The van der Waals surface area contributed by atoms with E-state index in [9.17, 15) is 22.8 Å². The maximum atomic E-state index is 13.4. The van der Waals surface area contributed by atoms with Gasteiger partial charge in [0.05, 0.1) is 4.90 Å². The Labute approximate surface area is 199 Å². The van der Waals surface area contributed by atoms with Crippen LogP contribution in [0.1, 0.15) is 35.1 Å². The summed E-state index contributed by atoms with van der Waals surface area (Å²) in [5.74, 6) is -1.04. The molecule has 2 aromatic carbocycles. The Morgan fingerprint density at radius 2 is 1.88 bits per heavy atom. The first-order valence-corrected chi connectivity index (χ1v) is 12.5. The van der Waals surface area contributed by atoms with Gasteiger partial charge in [0.25, 0.3) is 5.91 Å². The third-order valence-electron chi connectivity index (χ3n) is 6.65. The number of carbonyl (C=O) groups is 3. The van der Waals surface area contributed by atoms with E-state index in [1.54, 1.807) is 19.9 Å². The highest BCUT2D eigenvalue weighted by molar-refractivity contribution is 7.89. The molecule has 34 heavy (non-hydrogen) atoms. The quantitative estimate of drug-likeness (QED) is 0.632. The zero-order chi connectivity index (χ0) is 24.8. The minimum absolute atomic E-state index is 0.0451. The van der Waals surface area contributed by atoms with Crippen molar-refractivity contribution < 1.29 is 22.8 Å². The number of hydrogen-bond donors (Lipinski definition) is 2. The average Bonchev–Trinajstić information content (AvgIpc) is 3.01. The third kappa shape index (κ3) is 3.86. The first kappa shape index (κ1) is 23.9. The molecule has 1 fully saturated rings. The molecule has 1 saturated heterocycles. The van der Waals surface area contributed by atoms with Crippen LogP contribution in [0.25, 0.3) is 0 Å². The van der Waals surface area contributed by atoms with Gasteiger partial charge in [-0.2, -0.15) is 0 Å². The van der Waals surface area contributed by atoms with Gasteiger partial charge >= 0.3 is 6.03 Å². The molecule has 9 nitrogen and oxygen atoms in total. The second kappa shape index (κ2) is 8.52. The molecule has 1 aliphatic carbocycles. The number of urea groups is 1. The summed E-state index contributed by atoms with van der Waals surface area (Å²) in [6.07, 6.45) is 2.04. The summed E-state index contributed by atoms with van der Waals surface area (Å²) in [6, 6.07) is 9.85. The monoisotopic (exact) mass is 484 g/mol.